The van der Waals surface area contributed by atoms with Gasteiger partial charge in [-0.2, -0.15) is 0 Å². The van der Waals surface area contributed by atoms with Crippen LogP contribution < -0.4 is 15.0 Å². The quantitative estimate of drug-likeness (QED) is 0.907. The van der Waals surface area contributed by atoms with Crippen LogP contribution in [0.1, 0.15) is 12.0 Å². The first-order valence-corrected chi connectivity index (χ1v) is 8.37. The maximum absolute atomic E-state index is 12.6. The maximum atomic E-state index is 12.6. The third kappa shape index (κ3) is 3.77. The van der Waals surface area contributed by atoms with Gasteiger partial charge in [0.2, 0.25) is 11.8 Å². The Morgan fingerprint density at radius 3 is 2.80 bits per heavy atom. The zero-order chi connectivity index (χ0) is 18.0. The molecule has 0 radical (unpaired) electrons. The summed E-state index contributed by atoms with van der Waals surface area (Å²) in [5.41, 5.74) is 2.33. The van der Waals surface area contributed by atoms with E-state index in [2.05, 4.69) is 5.32 Å². The number of benzene rings is 2. The second-order valence-electron chi connectivity index (χ2n) is 6.08. The number of aryl methyl sites for hydroxylation is 1. The molecule has 2 aromatic carbocycles. The Hall–Kier alpha value is -2.53. The molecular formula is C19H19ClN2O3. The van der Waals surface area contributed by atoms with Crippen molar-refractivity contribution in [2.24, 2.45) is 5.92 Å². The monoisotopic (exact) mass is 358 g/mol. The van der Waals surface area contributed by atoms with Crippen LogP contribution in [0.4, 0.5) is 11.4 Å². The van der Waals surface area contributed by atoms with Gasteiger partial charge in [0.1, 0.15) is 5.75 Å². The predicted molar refractivity (Wildman–Crippen MR) is 98.3 cm³/mol. The highest BCUT2D eigenvalue weighted by molar-refractivity contribution is 6.31. The molecule has 0 spiro atoms. The van der Waals surface area contributed by atoms with Crippen molar-refractivity contribution < 1.29 is 14.3 Å². The molecular weight excluding hydrogens is 340 g/mol. The predicted octanol–water partition coefficient (Wildman–Crippen LogP) is 3.65. The van der Waals surface area contributed by atoms with E-state index in [-0.39, 0.29) is 18.2 Å². The summed E-state index contributed by atoms with van der Waals surface area (Å²) >= 11 is 5.99. The molecule has 1 aliphatic heterocycles. The zero-order valence-corrected chi connectivity index (χ0v) is 14.8. The van der Waals surface area contributed by atoms with E-state index < -0.39 is 5.92 Å². The van der Waals surface area contributed by atoms with Crippen molar-refractivity contribution in [3.63, 3.8) is 0 Å². The van der Waals surface area contributed by atoms with Crippen LogP contribution in [0.25, 0.3) is 0 Å². The van der Waals surface area contributed by atoms with Crippen molar-refractivity contribution in [3.8, 4) is 5.75 Å². The smallest absolute Gasteiger partial charge is 0.229 e. The second kappa shape index (κ2) is 7.15. The van der Waals surface area contributed by atoms with Gasteiger partial charge in [0.15, 0.2) is 0 Å². The van der Waals surface area contributed by atoms with E-state index in [9.17, 15) is 9.59 Å². The van der Waals surface area contributed by atoms with E-state index in [1.54, 1.807) is 30.2 Å². The van der Waals surface area contributed by atoms with Crippen molar-refractivity contribution in [2.75, 3.05) is 23.9 Å². The summed E-state index contributed by atoms with van der Waals surface area (Å²) in [5, 5.41) is 3.44. The van der Waals surface area contributed by atoms with Crippen LogP contribution in [0.3, 0.4) is 0 Å². The fourth-order valence-corrected chi connectivity index (χ4v) is 3.12. The average molecular weight is 359 g/mol. The van der Waals surface area contributed by atoms with Gasteiger partial charge in [0.05, 0.1) is 18.7 Å². The summed E-state index contributed by atoms with van der Waals surface area (Å²) < 4.78 is 5.28. The third-order valence-corrected chi connectivity index (χ3v) is 4.46. The summed E-state index contributed by atoms with van der Waals surface area (Å²) in [6, 6.07) is 12.6. The number of carbonyl (C=O) groups is 2. The van der Waals surface area contributed by atoms with Crippen molar-refractivity contribution in [1.29, 1.82) is 0 Å². The minimum Gasteiger partial charge on any atom is -0.495 e. The Morgan fingerprint density at radius 1 is 1.28 bits per heavy atom. The van der Waals surface area contributed by atoms with Gasteiger partial charge in [-0.05, 0) is 42.8 Å². The molecule has 0 saturated carbocycles. The molecule has 5 nitrogen and oxygen atoms in total. The molecule has 2 amide bonds. The molecule has 3 rings (SSSR count). The maximum Gasteiger partial charge on any atom is 0.229 e. The molecule has 130 valence electrons. The van der Waals surface area contributed by atoms with E-state index in [1.165, 1.54) is 0 Å². The van der Waals surface area contributed by atoms with E-state index >= 15 is 0 Å². The SMILES string of the molecule is COc1ccc(C)cc1NC(=O)C1CC(=O)N(c2cccc(Cl)c2)C1. The summed E-state index contributed by atoms with van der Waals surface area (Å²) in [6.07, 6.45) is 0.173. The van der Waals surface area contributed by atoms with E-state index in [0.717, 1.165) is 5.56 Å². The summed E-state index contributed by atoms with van der Waals surface area (Å²) in [5.74, 6) is -0.105. The van der Waals surface area contributed by atoms with Crippen LogP contribution in [0.15, 0.2) is 42.5 Å². The topological polar surface area (TPSA) is 58.6 Å². The first-order chi connectivity index (χ1) is 12.0. The standard InChI is InChI=1S/C19H19ClN2O3/c1-12-6-7-17(25-2)16(8-12)21-19(24)13-9-18(23)22(11-13)15-5-3-4-14(20)10-15/h3-8,10,13H,9,11H2,1-2H3,(H,21,24). The Kier molecular flexibility index (Phi) is 4.95. The zero-order valence-electron chi connectivity index (χ0n) is 14.1. The highest BCUT2D eigenvalue weighted by atomic mass is 35.5. The first-order valence-electron chi connectivity index (χ1n) is 7.99. The lowest BCUT2D eigenvalue weighted by Crippen LogP contribution is -2.28. The second-order valence-corrected chi connectivity index (χ2v) is 6.51. The Morgan fingerprint density at radius 2 is 2.08 bits per heavy atom. The van der Waals surface area contributed by atoms with E-state index in [1.807, 2.05) is 31.2 Å². The largest absolute Gasteiger partial charge is 0.495 e. The van der Waals surface area contributed by atoms with Gasteiger partial charge < -0.3 is 15.0 Å². The molecule has 1 aliphatic rings. The molecule has 1 unspecified atom stereocenters. The summed E-state index contributed by atoms with van der Waals surface area (Å²) in [4.78, 5) is 26.5. The number of nitrogens with one attached hydrogen (secondary N) is 1. The van der Waals surface area contributed by atoms with Crippen LogP contribution in [0, 0.1) is 12.8 Å². The molecule has 1 saturated heterocycles. The van der Waals surface area contributed by atoms with Crippen LogP contribution in [0.5, 0.6) is 5.75 Å². The Bertz CT molecular complexity index is 822. The normalized spacial score (nSPS) is 16.8. The lowest BCUT2D eigenvalue weighted by Gasteiger charge is -2.17. The van der Waals surface area contributed by atoms with Crippen molar-refractivity contribution in [2.45, 2.75) is 13.3 Å². The summed E-state index contributed by atoms with van der Waals surface area (Å²) in [7, 11) is 1.56. The minimum absolute atomic E-state index is 0.0846. The van der Waals surface area contributed by atoms with Crippen LogP contribution in [-0.4, -0.2) is 25.5 Å². The van der Waals surface area contributed by atoms with Crippen molar-refractivity contribution in [3.05, 3.63) is 53.1 Å². The third-order valence-electron chi connectivity index (χ3n) is 4.23. The van der Waals surface area contributed by atoms with Crippen LogP contribution >= 0.6 is 11.6 Å². The minimum atomic E-state index is -0.420. The summed E-state index contributed by atoms with van der Waals surface area (Å²) in [6.45, 7) is 2.27. The molecule has 1 N–H and O–H groups in total. The number of halogens is 1. The number of methoxy groups -OCH3 is 1. The molecule has 1 heterocycles. The van der Waals surface area contributed by atoms with Gasteiger partial charge in [-0.1, -0.05) is 23.7 Å². The van der Waals surface area contributed by atoms with Crippen molar-refractivity contribution in [1.82, 2.24) is 0 Å². The lowest BCUT2D eigenvalue weighted by atomic mass is 10.1. The number of hydrogen-bond donors (Lipinski definition) is 1. The van der Waals surface area contributed by atoms with Crippen LogP contribution in [0.2, 0.25) is 5.02 Å². The highest BCUT2D eigenvalue weighted by Crippen LogP contribution is 2.30. The van der Waals surface area contributed by atoms with Gasteiger partial charge in [-0.25, -0.2) is 0 Å². The number of rotatable bonds is 4. The lowest BCUT2D eigenvalue weighted by molar-refractivity contribution is -0.122. The Labute approximate surface area is 151 Å². The molecule has 0 aromatic heterocycles. The van der Waals surface area contributed by atoms with Gasteiger partial charge >= 0.3 is 0 Å². The molecule has 0 aliphatic carbocycles. The molecule has 1 fully saturated rings. The fourth-order valence-electron chi connectivity index (χ4n) is 2.93. The number of nitrogens with zero attached hydrogens (tertiary/aromatic N) is 1. The molecule has 25 heavy (non-hydrogen) atoms. The number of amides is 2. The number of carbonyl (C=O) groups excluding carboxylic acids is 2. The first kappa shape index (κ1) is 17.3. The van der Waals surface area contributed by atoms with Crippen molar-refractivity contribution >= 4 is 34.8 Å². The molecule has 2 aromatic rings. The van der Waals surface area contributed by atoms with Gasteiger partial charge in [0, 0.05) is 23.7 Å². The van der Waals surface area contributed by atoms with Gasteiger partial charge in [-0.15, -0.1) is 0 Å². The average Bonchev–Trinajstić information content (AvgIpc) is 2.97. The van der Waals surface area contributed by atoms with Crippen LogP contribution in [-0.2, 0) is 9.59 Å². The van der Waals surface area contributed by atoms with Gasteiger partial charge in [0.25, 0.3) is 0 Å². The number of hydrogen-bond acceptors (Lipinski definition) is 3. The molecule has 0 bridgehead atoms. The van der Waals surface area contributed by atoms with Gasteiger partial charge in [-0.3, -0.25) is 9.59 Å². The molecule has 6 heteroatoms. The van der Waals surface area contributed by atoms with E-state index in [4.69, 9.17) is 16.3 Å². The van der Waals surface area contributed by atoms with E-state index in [0.29, 0.717) is 28.7 Å². The molecule has 1 atom stereocenters. The fraction of sp³-hybridized carbons (Fsp3) is 0.263. The highest BCUT2D eigenvalue weighted by Gasteiger charge is 2.35. The Balaban J connectivity index is 1.74. The number of anilines is 2. The number of ether oxygens (including phenoxy) is 1.